The van der Waals surface area contributed by atoms with E-state index in [0.29, 0.717) is 6.54 Å². The van der Waals surface area contributed by atoms with E-state index in [-0.39, 0.29) is 11.9 Å². The standard InChI is InChI=1S/C16H21N5O/c1-12-17-8-9-21(12)15-6-5-13(10-19-15)11-20-16(22)14-4-2-3-7-18-14/h5-6,8-10,14,18H,2-4,7,11H2,1H3,(H,20,22). The number of piperidine rings is 1. The van der Waals surface area contributed by atoms with E-state index in [0.717, 1.165) is 43.0 Å². The maximum absolute atomic E-state index is 12.1. The molecule has 0 spiro atoms. The third-order valence-electron chi connectivity index (χ3n) is 3.98. The number of pyridine rings is 1. The molecule has 0 aliphatic carbocycles. The number of aryl methyl sites for hydroxylation is 1. The Morgan fingerprint density at radius 1 is 1.41 bits per heavy atom. The molecule has 1 unspecified atom stereocenters. The van der Waals surface area contributed by atoms with E-state index >= 15 is 0 Å². The predicted octanol–water partition coefficient (Wildman–Crippen LogP) is 1.33. The molecule has 1 aliphatic rings. The van der Waals surface area contributed by atoms with Crippen LogP contribution in [0.4, 0.5) is 0 Å². The van der Waals surface area contributed by atoms with Gasteiger partial charge in [0.15, 0.2) is 0 Å². The number of imidazole rings is 1. The Bertz CT molecular complexity index is 628. The van der Waals surface area contributed by atoms with E-state index in [1.165, 1.54) is 0 Å². The number of nitrogens with zero attached hydrogens (tertiary/aromatic N) is 3. The second-order valence-electron chi connectivity index (χ2n) is 5.59. The van der Waals surface area contributed by atoms with Crippen molar-refractivity contribution in [2.75, 3.05) is 6.54 Å². The normalized spacial score (nSPS) is 18.1. The highest BCUT2D eigenvalue weighted by Crippen LogP contribution is 2.09. The van der Waals surface area contributed by atoms with Crippen molar-refractivity contribution in [2.24, 2.45) is 0 Å². The average Bonchev–Trinajstić information content (AvgIpc) is 3.00. The monoisotopic (exact) mass is 299 g/mol. The number of rotatable bonds is 4. The smallest absolute Gasteiger partial charge is 0.237 e. The zero-order valence-corrected chi connectivity index (χ0v) is 12.7. The molecule has 3 heterocycles. The number of carbonyl (C=O) groups excluding carboxylic acids is 1. The van der Waals surface area contributed by atoms with Gasteiger partial charge in [-0.05, 0) is 37.9 Å². The lowest BCUT2D eigenvalue weighted by molar-refractivity contribution is -0.123. The van der Waals surface area contributed by atoms with Crippen molar-refractivity contribution >= 4 is 5.91 Å². The fourth-order valence-corrected chi connectivity index (χ4v) is 2.67. The summed E-state index contributed by atoms with van der Waals surface area (Å²) in [5.74, 6) is 1.81. The third-order valence-corrected chi connectivity index (χ3v) is 3.98. The first-order valence-electron chi connectivity index (χ1n) is 7.70. The Hall–Kier alpha value is -2.21. The lowest BCUT2D eigenvalue weighted by Crippen LogP contribution is -2.46. The molecule has 22 heavy (non-hydrogen) atoms. The fourth-order valence-electron chi connectivity index (χ4n) is 2.67. The van der Waals surface area contributed by atoms with Gasteiger partial charge in [-0.3, -0.25) is 9.36 Å². The van der Waals surface area contributed by atoms with Crippen molar-refractivity contribution in [3.63, 3.8) is 0 Å². The summed E-state index contributed by atoms with van der Waals surface area (Å²) in [5.41, 5.74) is 0.991. The van der Waals surface area contributed by atoms with Gasteiger partial charge in [0.25, 0.3) is 0 Å². The summed E-state index contributed by atoms with van der Waals surface area (Å²) in [6.07, 6.45) is 8.62. The second-order valence-corrected chi connectivity index (χ2v) is 5.59. The molecule has 0 bridgehead atoms. The Kier molecular flexibility index (Phi) is 4.48. The molecule has 1 fully saturated rings. The van der Waals surface area contributed by atoms with E-state index < -0.39 is 0 Å². The SMILES string of the molecule is Cc1nccn1-c1ccc(CNC(=O)C2CCCCN2)cn1. The van der Waals surface area contributed by atoms with Gasteiger partial charge >= 0.3 is 0 Å². The Morgan fingerprint density at radius 2 is 2.32 bits per heavy atom. The summed E-state index contributed by atoms with van der Waals surface area (Å²) in [6, 6.07) is 3.88. The Balaban J connectivity index is 1.57. The number of nitrogens with one attached hydrogen (secondary N) is 2. The number of hydrogen-bond acceptors (Lipinski definition) is 4. The van der Waals surface area contributed by atoms with Crippen LogP contribution in [0.15, 0.2) is 30.7 Å². The molecule has 1 amide bonds. The molecule has 6 nitrogen and oxygen atoms in total. The van der Waals surface area contributed by atoms with Crippen LogP contribution in [-0.2, 0) is 11.3 Å². The molecule has 1 saturated heterocycles. The van der Waals surface area contributed by atoms with Crippen LogP contribution in [0.25, 0.3) is 5.82 Å². The molecule has 0 saturated carbocycles. The topological polar surface area (TPSA) is 71.8 Å². The molecule has 6 heteroatoms. The van der Waals surface area contributed by atoms with Crippen LogP contribution in [0.5, 0.6) is 0 Å². The number of aromatic nitrogens is 3. The molecule has 0 aromatic carbocycles. The number of carbonyl (C=O) groups is 1. The largest absolute Gasteiger partial charge is 0.351 e. The van der Waals surface area contributed by atoms with Crippen molar-refractivity contribution in [3.05, 3.63) is 42.1 Å². The molecule has 2 aromatic heterocycles. The number of hydrogen-bond donors (Lipinski definition) is 2. The molecule has 2 N–H and O–H groups in total. The lowest BCUT2D eigenvalue weighted by atomic mass is 10.0. The van der Waals surface area contributed by atoms with E-state index in [1.54, 1.807) is 12.4 Å². The maximum Gasteiger partial charge on any atom is 0.237 e. The van der Waals surface area contributed by atoms with Gasteiger partial charge in [-0.2, -0.15) is 0 Å². The minimum Gasteiger partial charge on any atom is -0.351 e. The van der Waals surface area contributed by atoms with E-state index in [2.05, 4.69) is 20.6 Å². The molecule has 2 aromatic rings. The summed E-state index contributed by atoms with van der Waals surface area (Å²) in [6.45, 7) is 3.37. The Labute approximate surface area is 130 Å². The van der Waals surface area contributed by atoms with Gasteiger partial charge in [0.1, 0.15) is 11.6 Å². The van der Waals surface area contributed by atoms with Crippen molar-refractivity contribution in [3.8, 4) is 5.82 Å². The minimum atomic E-state index is -0.0467. The summed E-state index contributed by atoms with van der Waals surface area (Å²) < 4.78 is 1.92. The quantitative estimate of drug-likeness (QED) is 0.893. The van der Waals surface area contributed by atoms with Gasteiger partial charge in [-0.15, -0.1) is 0 Å². The second kappa shape index (κ2) is 6.70. The van der Waals surface area contributed by atoms with Crippen molar-refractivity contribution in [1.82, 2.24) is 25.2 Å². The van der Waals surface area contributed by atoms with Crippen LogP contribution >= 0.6 is 0 Å². The summed E-state index contributed by atoms with van der Waals surface area (Å²) >= 11 is 0. The molecule has 116 valence electrons. The molecular weight excluding hydrogens is 278 g/mol. The molecule has 0 radical (unpaired) electrons. The van der Waals surface area contributed by atoms with Crippen LogP contribution in [0.2, 0.25) is 0 Å². The highest BCUT2D eigenvalue weighted by molar-refractivity contribution is 5.81. The van der Waals surface area contributed by atoms with Crippen molar-refractivity contribution in [1.29, 1.82) is 0 Å². The first-order valence-corrected chi connectivity index (χ1v) is 7.70. The summed E-state index contributed by atoms with van der Waals surface area (Å²) in [7, 11) is 0. The van der Waals surface area contributed by atoms with Crippen molar-refractivity contribution in [2.45, 2.75) is 38.8 Å². The highest BCUT2D eigenvalue weighted by Gasteiger charge is 2.19. The minimum absolute atomic E-state index is 0.0467. The fraction of sp³-hybridized carbons (Fsp3) is 0.438. The van der Waals surface area contributed by atoms with Crippen LogP contribution in [0.3, 0.4) is 0 Å². The molecule has 3 rings (SSSR count). The highest BCUT2D eigenvalue weighted by atomic mass is 16.2. The van der Waals surface area contributed by atoms with E-state index in [4.69, 9.17) is 0 Å². The average molecular weight is 299 g/mol. The van der Waals surface area contributed by atoms with Gasteiger partial charge < -0.3 is 10.6 Å². The molecule has 1 atom stereocenters. The van der Waals surface area contributed by atoms with Crippen molar-refractivity contribution < 1.29 is 4.79 Å². The van der Waals surface area contributed by atoms with E-state index in [9.17, 15) is 4.79 Å². The lowest BCUT2D eigenvalue weighted by Gasteiger charge is -2.22. The van der Waals surface area contributed by atoms with Gasteiger partial charge in [-0.25, -0.2) is 9.97 Å². The van der Waals surface area contributed by atoms with Crippen LogP contribution in [0, 0.1) is 6.92 Å². The Morgan fingerprint density at radius 3 is 2.95 bits per heavy atom. The third kappa shape index (κ3) is 3.33. The van der Waals surface area contributed by atoms with Gasteiger partial charge in [0, 0.05) is 25.1 Å². The van der Waals surface area contributed by atoms with Gasteiger partial charge in [0.2, 0.25) is 5.91 Å². The van der Waals surface area contributed by atoms with Gasteiger partial charge in [-0.1, -0.05) is 12.5 Å². The molecule has 1 aliphatic heterocycles. The molecular formula is C16H21N5O. The summed E-state index contributed by atoms with van der Waals surface area (Å²) in [4.78, 5) is 20.7. The van der Waals surface area contributed by atoms with Crippen LogP contribution in [0.1, 0.15) is 30.7 Å². The first kappa shape index (κ1) is 14.7. The zero-order chi connectivity index (χ0) is 15.4. The number of amides is 1. The van der Waals surface area contributed by atoms with E-state index in [1.807, 2.05) is 29.8 Å². The van der Waals surface area contributed by atoms with Gasteiger partial charge in [0.05, 0.1) is 6.04 Å². The zero-order valence-electron chi connectivity index (χ0n) is 12.7. The maximum atomic E-state index is 12.1. The van der Waals surface area contributed by atoms with Crippen LogP contribution < -0.4 is 10.6 Å². The summed E-state index contributed by atoms with van der Waals surface area (Å²) in [5, 5.41) is 6.22. The van der Waals surface area contributed by atoms with Crippen LogP contribution in [-0.4, -0.2) is 33.0 Å². The first-order chi connectivity index (χ1) is 10.7. The predicted molar refractivity (Wildman–Crippen MR) is 83.6 cm³/mol.